The van der Waals surface area contributed by atoms with Gasteiger partial charge < -0.3 is 0 Å². The standard InChI is InChI=1S/C22H16ClF2N3O3S/c1-12-5-3-4-6-14(12)13-7-8-19-16(9-13)21(25)26-28(19)20-11-18(24)15(10-17(20)23)22(29)27-32(2,30)31/h3-11H,1-2H3,(H,27,29). The van der Waals surface area contributed by atoms with E-state index in [9.17, 15) is 22.0 Å². The molecule has 0 fully saturated rings. The van der Waals surface area contributed by atoms with Gasteiger partial charge in [-0.05, 0) is 41.8 Å². The number of carbonyl (C=O) groups excluding carboxylic acids is 1. The first-order valence-corrected chi connectivity index (χ1v) is 11.6. The van der Waals surface area contributed by atoms with E-state index >= 15 is 0 Å². The Morgan fingerprint density at radius 1 is 1.09 bits per heavy atom. The maximum absolute atomic E-state index is 14.7. The van der Waals surface area contributed by atoms with Crippen molar-refractivity contribution in [2.24, 2.45) is 0 Å². The molecule has 1 amide bonds. The van der Waals surface area contributed by atoms with Crippen molar-refractivity contribution in [2.75, 3.05) is 6.26 Å². The summed E-state index contributed by atoms with van der Waals surface area (Å²) in [6.07, 6.45) is 0.766. The highest BCUT2D eigenvalue weighted by atomic mass is 35.5. The molecule has 0 atom stereocenters. The monoisotopic (exact) mass is 475 g/mol. The Morgan fingerprint density at radius 2 is 1.81 bits per heavy atom. The van der Waals surface area contributed by atoms with E-state index < -0.39 is 33.3 Å². The summed E-state index contributed by atoms with van der Waals surface area (Å²) in [5, 5.41) is 3.95. The lowest BCUT2D eigenvalue weighted by molar-refractivity contribution is 0.0978. The molecule has 0 unspecified atom stereocenters. The van der Waals surface area contributed by atoms with Gasteiger partial charge >= 0.3 is 0 Å². The van der Waals surface area contributed by atoms with Gasteiger partial charge in [-0.3, -0.25) is 4.79 Å². The topological polar surface area (TPSA) is 81.1 Å². The molecule has 0 aliphatic heterocycles. The van der Waals surface area contributed by atoms with Crippen molar-refractivity contribution in [1.82, 2.24) is 14.5 Å². The molecule has 0 radical (unpaired) electrons. The van der Waals surface area contributed by atoms with Crippen LogP contribution in [0.3, 0.4) is 0 Å². The zero-order valence-corrected chi connectivity index (χ0v) is 18.4. The zero-order valence-electron chi connectivity index (χ0n) is 16.9. The molecule has 0 spiro atoms. The van der Waals surface area contributed by atoms with Gasteiger partial charge in [0.2, 0.25) is 16.0 Å². The summed E-state index contributed by atoms with van der Waals surface area (Å²) < 4.78 is 54.7. The van der Waals surface area contributed by atoms with Crippen LogP contribution in [0.15, 0.2) is 54.6 Å². The van der Waals surface area contributed by atoms with Crippen molar-refractivity contribution in [2.45, 2.75) is 6.92 Å². The SMILES string of the molecule is Cc1ccccc1-c1ccc2c(c1)c(F)nn2-c1cc(F)c(C(=O)NS(C)(=O)=O)cc1Cl. The van der Waals surface area contributed by atoms with E-state index in [2.05, 4.69) is 5.10 Å². The summed E-state index contributed by atoms with van der Waals surface area (Å²) in [5.41, 5.74) is 2.52. The zero-order chi connectivity index (χ0) is 23.2. The lowest BCUT2D eigenvalue weighted by atomic mass is 9.99. The Kier molecular flexibility index (Phi) is 5.47. The molecule has 10 heteroatoms. The number of hydrogen-bond acceptors (Lipinski definition) is 4. The Balaban J connectivity index is 1.81. The van der Waals surface area contributed by atoms with Crippen molar-refractivity contribution < 1.29 is 22.0 Å². The second kappa shape index (κ2) is 7.99. The van der Waals surface area contributed by atoms with Gasteiger partial charge in [-0.1, -0.05) is 41.9 Å². The van der Waals surface area contributed by atoms with Crippen LogP contribution in [0.25, 0.3) is 27.7 Å². The predicted octanol–water partition coefficient (Wildman–Crippen LogP) is 4.62. The quantitative estimate of drug-likeness (QED) is 0.467. The summed E-state index contributed by atoms with van der Waals surface area (Å²) in [4.78, 5) is 12.0. The van der Waals surface area contributed by atoms with Crippen LogP contribution in [0.1, 0.15) is 15.9 Å². The van der Waals surface area contributed by atoms with Crippen molar-refractivity contribution in [3.05, 3.63) is 82.5 Å². The highest BCUT2D eigenvalue weighted by molar-refractivity contribution is 7.89. The molecule has 1 N–H and O–H groups in total. The van der Waals surface area contributed by atoms with Crippen LogP contribution in [0.4, 0.5) is 8.78 Å². The number of benzene rings is 3. The number of fused-ring (bicyclic) bond motifs is 1. The van der Waals surface area contributed by atoms with Crippen molar-refractivity contribution in [3.8, 4) is 16.8 Å². The van der Waals surface area contributed by atoms with Crippen LogP contribution in [0, 0.1) is 18.7 Å². The third kappa shape index (κ3) is 4.09. The molecule has 4 aromatic rings. The second-order valence-corrected chi connectivity index (χ2v) is 9.39. The van der Waals surface area contributed by atoms with E-state index in [-0.39, 0.29) is 16.1 Å². The lowest BCUT2D eigenvalue weighted by Crippen LogP contribution is -2.30. The fraction of sp³-hybridized carbons (Fsp3) is 0.0909. The molecule has 32 heavy (non-hydrogen) atoms. The molecule has 0 aliphatic rings. The largest absolute Gasteiger partial charge is 0.268 e. The predicted molar refractivity (Wildman–Crippen MR) is 118 cm³/mol. The summed E-state index contributed by atoms with van der Waals surface area (Å²) in [6, 6.07) is 14.6. The first-order valence-electron chi connectivity index (χ1n) is 9.31. The molecule has 0 bridgehead atoms. The van der Waals surface area contributed by atoms with Gasteiger partial charge in [0.25, 0.3) is 5.91 Å². The number of sulfonamides is 1. The van der Waals surface area contributed by atoms with E-state index in [1.165, 1.54) is 0 Å². The Bertz CT molecular complexity index is 1500. The van der Waals surface area contributed by atoms with E-state index in [0.717, 1.165) is 39.8 Å². The van der Waals surface area contributed by atoms with Crippen molar-refractivity contribution in [1.29, 1.82) is 0 Å². The average molecular weight is 476 g/mol. The lowest BCUT2D eigenvalue weighted by Gasteiger charge is -2.10. The van der Waals surface area contributed by atoms with Crippen molar-refractivity contribution in [3.63, 3.8) is 0 Å². The number of carbonyl (C=O) groups is 1. The van der Waals surface area contributed by atoms with Gasteiger partial charge in [0, 0.05) is 6.07 Å². The molecule has 0 aliphatic carbocycles. The highest BCUT2D eigenvalue weighted by Crippen LogP contribution is 2.32. The third-order valence-corrected chi connectivity index (χ3v) is 5.74. The number of nitrogens with one attached hydrogen (secondary N) is 1. The molecular weight excluding hydrogens is 460 g/mol. The third-order valence-electron chi connectivity index (χ3n) is 4.88. The fourth-order valence-corrected chi connectivity index (χ4v) is 4.12. The second-order valence-electron chi connectivity index (χ2n) is 7.24. The van der Waals surface area contributed by atoms with Gasteiger partial charge in [0.1, 0.15) is 5.82 Å². The maximum Gasteiger partial charge on any atom is 0.267 e. The van der Waals surface area contributed by atoms with E-state index in [1.54, 1.807) is 22.9 Å². The maximum atomic E-state index is 14.7. The molecular formula is C22H16ClF2N3O3S. The molecule has 6 nitrogen and oxygen atoms in total. The van der Waals surface area contributed by atoms with Crippen molar-refractivity contribution >= 4 is 38.4 Å². The smallest absolute Gasteiger partial charge is 0.267 e. The fourth-order valence-electron chi connectivity index (χ4n) is 3.43. The van der Waals surface area contributed by atoms with Crippen LogP contribution in [0.2, 0.25) is 5.02 Å². The highest BCUT2D eigenvalue weighted by Gasteiger charge is 2.21. The van der Waals surface area contributed by atoms with Crippen LogP contribution in [0.5, 0.6) is 0 Å². The van der Waals surface area contributed by atoms with Gasteiger partial charge in [-0.15, -0.1) is 5.10 Å². The summed E-state index contributed by atoms with van der Waals surface area (Å²) in [6.45, 7) is 1.95. The molecule has 3 aromatic carbocycles. The van der Waals surface area contributed by atoms with Crippen LogP contribution in [-0.4, -0.2) is 30.4 Å². The summed E-state index contributed by atoms with van der Waals surface area (Å²) in [7, 11) is -3.90. The van der Waals surface area contributed by atoms with E-state index in [0.29, 0.717) is 5.52 Å². The molecule has 0 saturated carbocycles. The minimum absolute atomic E-state index is 0.00221. The number of rotatable bonds is 4. The molecule has 1 heterocycles. The van der Waals surface area contributed by atoms with Gasteiger partial charge in [-0.25, -0.2) is 22.2 Å². The normalized spacial score (nSPS) is 11.7. The average Bonchev–Trinajstić information content (AvgIpc) is 3.04. The molecule has 0 saturated heterocycles. The Morgan fingerprint density at radius 3 is 2.50 bits per heavy atom. The van der Waals surface area contributed by atoms with Gasteiger partial charge in [0.15, 0.2) is 0 Å². The van der Waals surface area contributed by atoms with Crippen LogP contribution < -0.4 is 4.72 Å². The minimum Gasteiger partial charge on any atom is -0.268 e. The number of aromatic nitrogens is 2. The Hall–Kier alpha value is -3.30. The van der Waals surface area contributed by atoms with Gasteiger partial charge in [-0.2, -0.15) is 4.39 Å². The number of nitrogens with zero attached hydrogens (tertiary/aromatic N) is 2. The first-order chi connectivity index (χ1) is 15.0. The Labute approximate surface area is 187 Å². The number of halogens is 3. The van der Waals surface area contributed by atoms with Crippen LogP contribution >= 0.6 is 11.6 Å². The summed E-state index contributed by atoms with van der Waals surface area (Å²) in [5.74, 6) is -2.98. The molecule has 164 valence electrons. The van der Waals surface area contributed by atoms with E-state index in [1.807, 2.05) is 31.2 Å². The summed E-state index contributed by atoms with van der Waals surface area (Å²) >= 11 is 6.23. The number of amides is 1. The van der Waals surface area contributed by atoms with Gasteiger partial charge in [0.05, 0.1) is 33.4 Å². The number of aryl methyl sites for hydroxylation is 1. The van der Waals surface area contributed by atoms with E-state index in [4.69, 9.17) is 11.6 Å². The van der Waals surface area contributed by atoms with Crippen LogP contribution in [-0.2, 0) is 10.0 Å². The minimum atomic E-state index is -3.90. The molecule has 1 aromatic heterocycles. The first kappa shape index (κ1) is 21.9. The number of hydrogen-bond donors (Lipinski definition) is 1. The molecule has 4 rings (SSSR count).